The minimum Gasteiger partial charge on any atom is -0.465 e. The van der Waals surface area contributed by atoms with E-state index in [9.17, 15) is 4.79 Å². The third kappa shape index (κ3) is 16.1. The molecule has 0 fully saturated rings. The van der Waals surface area contributed by atoms with Crippen LogP contribution in [0.4, 0.5) is 0 Å². The number of nitrogens with two attached hydrogens (primary N) is 1. The molecule has 0 rings (SSSR count). The van der Waals surface area contributed by atoms with Crippen LogP contribution < -0.4 is 5.73 Å². The summed E-state index contributed by atoms with van der Waals surface area (Å²) in [5.74, 6) is 0.200. The summed E-state index contributed by atoms with van der Waals surface area (Å²) >= 11 is 0. The van der Waals surface area contributed by atoms with Crippen molar-refractivity contribution in [3.8, 4) is 0 Å². The molecule has 0 aromatic carbocycles. The third-order valence-corrected chi connectivity index (χ3v) is 4.27. The van der Waals surface area contributed by atoms with Gasteiger partial charge in [0.05, 0.1) is 6.61 Å². The van der Waals surface area contributed by atoms with E-state index in [0.717, 1.165) is 12.8 Å². The van der Waals surface area contributed by atoms with E-state index in [2.05, 4.69) is 20.8 Å². The van der Waals surface area contributed by atoms with E-state index < -0.39 is 6.04 Å². The van der Waals surface area contributed by atoms with Gasteiger partial charge in [-0.25, -0.2) is 0 Å². The van der Waals surface area contributed by atoms with Gasteiger partial charge in [-0.15, -0.1) is 0 Å². The zero-order chi connectivity index (χ0) is 17.3. The molecule has 0 amide bonds. The predicted octanol–water partition coefficient (Wildman–Crippen LogP) is 5.60. The molecule has 23 heavy (non-hydrogen) atoms. The lowest BCUT2D eigenvalue weighted by Crippen LogP contribution is -2.33. The first-order valence-corrected chi connectivity index (χ1v) is 10.00. The lowest BCUT2D eigenvalue weighted by Gasteiger charge is -2.13. The number of ether oxygens (including phenoxy) is 1. The lowest BCUT2D eigenvalue weighted by atomic mass is 10.0. The van der Waals surface area contributed by atoms with Crippen LogP contribution in [0.15, 0.2) is 0 Å². The second-order valence-corrected chi connectivity index (χ2v) is 7.29. The van der Waals surface area contributed by atoms with Crippen LogP contribution in [0.5, 0.6) is 0 Å². The first kappa shape index (κ1) is 22.4. The monoisotopic (exact) mass is 327 g/mol. The summed E-state index contributed by atoms with van der Waals surface area (Å²) in [5, 5.41) is 0. The summed E-state index contributed by atoms with van der Waals surface area (Å²) in [7, 11) is 0. The molecule has 1 atom stereocenters. The molecule has 0 unspecified atom stereocenters. The highest BCUT2D eigenvalue weighted by Gasteiger charge is 2.15. The highest BCUT2D eigenvalue weighted by molar-refractivity contribution is 5.75. The van der Waals surface area contributed by atoms with Crippen molar-refractivity contribution in [3.63, 3.8) is 0 Å². The molecule has 0 saturated heterocycles. The molecule has 0 spiro atoms. The normalized spacial score (nSPS) is 12.6. The second kappa shape index (κ2) is 16.3. The van der Waals surface area contributed by atoms with Gasteiger partial charge in [-0.1, -0.05) is 91.4 Å². The Balaban J connectivity index is 3.23. The zero-order valence-electron chi connectivity index (χ0n) is 15.9. The molecule has 138 valence electrons. The molecule has 0 saturated carbocycles. The van der Waals surface area contributed by atoms with E-state index in [-0.39, 0.29) is 5.97 Å². The molecule has 0 heterocycles. The smallest absolute Gasteiger partial charge is 0.322 e. The summed E-state index contributed by atoms with van der Waals surface area (Å²) < 4.78 is 5.23. The number of hydrogen-bond acceptors (Lipinski definition) is 3. The average molecular weight is 328 g/mol. The Morgan fingerprint density at radius 3 is 1.70 bits per heavy atom. The van der Waals surface area contributed by atoms with Crippen molar-refractivity contribution >= 4 is 5.97 Å². The predicted molar refractivity (Wildman–Crippen MR) is 99.5 cm³/mol. The largest absolute Gasteiger partial charge is 0.465 e. The first-order valence-electron chi connectivity index (χ1n) is 10.00. The van der Waals surface area contributed by atoms with E-state index in [1.54, 1.807) is 0 Å². The van der Waals surface area contributed by atoms with Crippen molar-refractivity contribution in [1.82, 2.24) is 0 Å². The van der Waals surface area contributed by atoms with Gasteiger partial charge < -0.3 is 10.5 Å². The van der Waals surface area contributed by atoms with Crippen molar-refractivity contribution in [2.75, 3.05) is 6.61 Å². The van der Waals surface area contributed by atoms with Crippen molar-refractivity contribution in [1.29, 1.82) is 0 Å². The number of carbonyl (C=O) groups excluding carboxylic acids is 1. The molecule has 0 aliphatic heterocycles. The number of hydrogen-bond donors (Lipinski definition) is 1. The first-order chi connectivity index (χ1) is 11.1. The Bertz CT molecular complexity index is 266. The van der Waals surface area contributed by atoms with E-state index in [0.29, 0.717) is 18.9 Å². The number of unbranched alkanes of at least 4 members (excludes halogenated alkanes) is 11. The fourth-order valence-electron chi connectivity index (χ4n) is 2.83. The maximum atomic E-state index is 11.6. The Labute approximate surface area is 144 Å². The van der Waals surface area contributed by atoms with Crippen LogP contribution in [0.1, 0.15) is 104 Å². The highest BCUT2D eigenvalue weighted by atomic mass is 16.5. The summed E-state index contributed by atoms with van der Waals surface area (Å²) in [6.45, 7) is 6.93. The van der Waals surface area contributed by atoms with Crippen LogP contribution in [0.25, 0.3) is 0 Å². The van der Waals surface area contributed by atoms with Crippen LogP contribution in [0, 0.1) is 5.92 Å². The Morgan fingerprint density at radius 1 is 0.826 bits per heavy atom. The molecule has 0 aliphatic carbocycles. The molecular formula is C20H41NO2. The summed E-state index contributed by atoms with van der Waals surface area (Å²) in [6, 6.07) is -0.452. The molecule has 0 bridgehead atoms. The van der Waals surface area contributed by atoms with Gasteiger partial charge in [-0.2, -0.15) is 0 Å². The van der Waals surface area contributed by atoms with Crippen LogP contribution in [-0.4, -0.2) is 18.6 Å². The summed E-state index contributed by atoms with van der Waals surface area (Å²) in [6.07, 6.45) is 16.5. The molecule has 0 aromatic rings. The molecule has 0 aromatic heterocycles. The van der Waals surface area contributed by atoms with Gasteiger partial charge in [0.15, 0.2) is 0 Å². The van der Waals surface area contributed by atoms with Crippen molar-refractivity contribution in [2.45, 2.75) is 110 Å². The third-order valence-electron chi connectivity index (χ3n) is 4.27. The van der Waals surface area contributed by atoms with E-state index in [1.165, 1.54) is 64.2 Å². The fraction of sp³-hybridized carbons (Fsp3) is 0.950. The SMILES string of the molecule is CCCCCCCCCCCCCCOC(=O)[C@@H](N)CC(C)C. The lowest BCUT2D eigenvalue weighted by molar-refractivity contribution is -0.145. The van der Waals surface area contributed by atoms with Gasteiger partial charge in [0.1, 0.15) is 6.04 Å². The van der Waals surface area contributed by atoms with Crippen LogP contribution in [0.3, 0.4) is 0 Å². The minimum absolute atomic E-state index is 0.234. The van der Waals surface area contributed by atoms with Gasteiger partial charge >= 0.3 is 5.97 Å². The molecule has 0 aliphatic rings. The van der Waals surface area contributed by atoms with E-state index in [1.807, 2.05) is 0 Å². The molecule has 2 N–H and O–H groups in total. The van der Waals surface area contributed by atoms with E-state index >= 15 is 0 Å². The Kier molecular flexibility index (Phi) is 15.9. The fourth-order valence-corrected chi connectivity index (χ4v) is 2.83. The van der Waals surface area contributed by atoms with Crippen molar-refractivity contribution in [3.05, 3.63) is 0 Å². The van der Waals surface area contributed by atoms with Crippen LogP contribution in [-0.2, 0) is 9.53 Å². The number of esters is 1. The summed E-state index contributed by atoms with van der Waals surface area (Å²) in [5.41, 5.74) is 5.79. The number of rotatable bonds is 16. The molecule has 3 nitrogen and oxygen atoms in total. The highest BCUT2D eigenvalue weighted by Crippen LogP contribution is 2.12. The van der Waals surface area contributed by atoms with Gasteiger partial charge in [0.2, 0.25) is 0 Å². The summed E-state index contributed by atoms with van der Waals surface area (Å²) in [4.78, 5) is 11.6. The van der Waals surface area contributed by atoms with Gasteiger partial charge in [0.25, 0.3) is 0 Å². The van der Waals surface area contributed by atoms with Gasteiger partial charge in [-0.3, -0.25) is 4.79 Å². The standard InChI is InChI=1S/C20H41NO2/c1-4-5-6-7-8-9-10-11-12-13-14-15-16-23-20(22)19(21)17-18(2)3/h18-19H,4-17,21H2,1-3H3/t19-/m0/s1. The van der Waals surface area contributed by atoms with Crippen LogP contribution >= 0.6 is 0 Å². The van der Waals surface area contributed by atoms with E-state index in [4.69, 9.17) is 10.5 Å². The van der Waals surface area contributed by atoms with Gasteiger partial charge in [0, 0.05) is 0 Å². The Morgan fingerprint density at radius 2 is 1.26 bits per heavy atom. The molecular weight excluding hydrogens is 286 g/mol. The maximum absolute atomic E-state index is 11.6. The zero-order valence-corrected chi connectivity index (χ0v) is 15.9. The quantitative estimate of drug-likeness (QED) is 0.296. The molecule has 3 heteroatoms. The molecule has 0 radical (unpaired) electrons. The van der Waals surface area contributed by atoms with Gasteiger partial charge in [-0.05, 0) is 18.8 Å². The van der Waals surface area contributed by atoms with Crippen molar-refractivity contribution < 1.29 is 9.53 Å². The minimum atomic E-state index is -0.452. The maximum Gasteiger partial charge on any atom is 0.322 e. The Hall–Kier alpha value is -0.570. The topological polar surface area (TPSA) is 52.3 Å². The van der Waals surface area contributed by atoms with Crippen LogP contribution in [0.2, 0.25) is 0 Å². The number of carbonyl (C=O) groups is 1. The average Bonchev–Trinajstić information content (AvgIpc) is 2.51. The van der Waals surface area contributed by atoms with Crippen molar-refractivity contribution in [2.24, 2.45) is 11.7 Å². The second-order valence-electron chi connectivity index (χ2n) is 7.29.